The van der Waals surface area contributed by atoms with Crippen molar-refractivity contribution in [3.05, 3.63) is 120 Å². The Morgan fingerprint density at radius 2 is 1.31 bits per heavy atom. The second kappa shape index (κ2) is 16.3. The summed E-state index contributed by atoms with van der Waals surface area (Å²) in [6.45, 7) is 21.6. The van der Waals surface area contributed by atoms with E-state index < -0.39 is 8.07 Å². The number of hydrogen-bond donors (Lipinski definition) is 0. The van der Waals surface area contributed by atoms with Gasteiger partial charge in [-0.25, -0.2) is 12.2 Å². The van der Waals surface area contributed by atoms with Gasteiger partial charge >= 0.3 is 25.8 Å². The molecule has 3 aromatic rings. The van der Waals surface area contributed by atoms with Crippen LogP contribution in [0.4, 0.5) is 11.4 Å². The van der Waals surface area contributed by atoms with Crippen molar-refractivity contribution in [2.45, 2.75) is 52.6 Å². The van der Waals surface area contributed by atoms with Gasteiger partial charge in [0.2, 0.25) is 0 Å². The summed E-state index contributed by atoms with van der Waals surface area (Å²) in [6.07, 6.45) is 8.78. The molecular formula is C37H51N2OScSi. The van der Waals surface area contributed by atoms with Crippen molar-refractivity contribution in [1.29, 1.82) is 0 Å². The van der Waals surface area contributed by atoms with Crippen LogP contribution in [-0.4, -0.2) is 43.4 Å². The number of rotatable bonds is 5. The maximum absolute atomic E-state index is 5.88. The molecule has 1 aliphatic rings. The Balaban J connectivity index is 0.000000351. The van der Waals surface area contributed by atoms with Crippen molar-refractivity contribution in [1.82, 2.24) is 0 Å². The van der Waals surface area contributed by atoms with E-state index in [1.807, 2.05) is 64.6 Å². The quantitative estimate of drug-likeness (QED) is 0.213. The normalized spacial score (nSPS) is 12.1. The van der Waals surface area contributed by atoms with E-state index in [2.05, 4.69) is 107 Å². The maximum Gasteiger partial charge on any atom is 3.00 e. The molecule has 0 fully saturated rings. The van der Waals surface area contributed by atoms with E-state index in [1.54, 1.807) is 7.11 Å². The predicted molar refractivity (Wildman–Crippen MR) is 185 cm³/mol. The summed E-state index contributed by atoms with van der Waals surface area (Å²) in [5.41, 5.74) is 7.24. The van der Waals surface area contributed by atoms with Crippen LogP contribution in [0, 0.1) is 26.8 Å². The third-order valence-electron chi connectivity index (χ3n) is 7.32. The Labute approximate surface area is 277 Å². The molecule has 0 N–H and O–H groups in total. The number of nitrogens with zero attached hydrogens (tertiary/aromatic N) is 2. The molecule has 0 amide bonds. The van der Waals surface area contributed by atoms with Crippen LogP contribution < -0.4 is 19.7 Å². The Kier molecular flexibility index (Phi) is 14.5. The monoisotopic (exact) mass is 612 g/mol. The number of aryl methyl sites for hydroxylation is 1. The Hall–Kier alpha value is -2.63. The van der Waals surface area contributed by atoms with Gasteiger partial charge in [0.25, 0.3) is 0 Å². The average Bonchev–Trinajstić information content (AvgIpc) is 3.45. The summed E-state index contributed by atoms with van der Waals surface area (Å²) >= 11 is 0. The van der Waals surface area contributed by atoms with Crippen molar-refractivity contribution in [3.63, 3.8) is 0 Å². The van der Waals surface area contributed by atoms with Crippen molar-refractivity contribution in [3.8, 4) is 5.75 Å². The molecule has 0 saturated heterocycles. The molecule has 0 spiro atoms. The van der Waals surface area contributed by atoms with Crippen LogP contribution in [0.1, 0.15) is 49.4 Å². The first kappa shape index (κ1) is 37.4. The van der Waals surface area contributed by atoms with Crippen molar-refractivity contribution < 1.29 is 30.6 Å². The molecule has 0 aliphatic heterocycles. The number of anilines is 2. The number of methoxy groups -OCH3 is 1. The summed E-state index contributed by atoms with van der Waals surface area (Å²) in [7, 11) is 8.14. The van der Waals surface area contributed by atoms with Gasteiger partial charge in [0, 0.05) is 0 Å². The summed E-state index contributed by atoms with van der Waals surface area (Å²) in [5, 5.41) is 2.87. The topological polar surface area (TPSA) is 15.7 Å². The average molecular weight is 613 g/mol. The number of ether oxygens (including phenoxy) is 1. The fraction of sp³-hybridized carbons (Fsp3) is 0.351. The minimum atomic E-state index is -1.74. The first-order chi connectivity index (χ1) is 19.1. The third kappa shape index (κ3) is 9.98. The molecule has 5 heteroatoms. The van der Waals surface area contributed by atoms with Crippen molar-refractivity contribution in [2.24, 2.45) is 0 Å². The van der Waals surface area contributed by atoms with Crippen LogP contribution in [0.3, 0.4) is 0 Å². The second-order valence-electron chi connectivity index (χ2n) is 12.5. The SMILES string of the molecule is COc1c(C(C)(C)C)cc(C)cc1[Si](C)(C)C1=[C-]C=CC1.[CH2-]c1ccccc1N(C)C.[CH2-]c1ccccc1N(C)C.[Sc+3]. The summed E-state index contributed by atoms with van der Waals surface area (Å²) in [6, 6.07) is 20.8. The van der Waals surface area contributed by atoms with Crippen LogP contribution in [0.2, 0.25) is 13.1 Å². The molecule has 0 heterocycles. The van der Waals surface area contributed by atoms with Crippen LogP contribution in [0.25, 0.3) is 0 Å². The van der Waals surface area contributed by atoms with Gasteiger partial charge in [0.05, 0.1) is 15.2 Å². The van der Waals surface area contributed by atoms with Gasteiger partial charge in [-0.1, -0.05) is 87.2 Å². The largest absolute Gasteiger partial charge is 3.00 e. The van der Waals surface area contributed by atoms with Crippen molar-refractivity contribution >= 4 is 24.6 Å². The molecule has 0 unspecified atom stereocenters. The van der Waals surface area contributed by atoms with Crippen LogP contribution >= 0.6 is 0 Å². The summed E-state index contributed by atoms with van der Waals surface area (Å²) in [5.74, 6) is 1.09. The molecule has 0 atom stereocenters. The molecule has 3 aromatic carbocycles. The first-order valence-corrected chi connectivity index (χ1v) is 17.2. The molecule has 3 nitrogen and oxygen atoms in total. The van der Waals surface area contributed by atoms with Crippen molar-refractivity contribution in [2.75, 3.05) is 45.1 Å². The smallest absolute Gasteiger partial charge is 0.497 e. The van der Waals surface area contributed by atoms with E-state index >= 15 is 0 Å². The molecule has 0 aromatic heterocycles. The van der Waals surface area contributed by atoms with Crippen LogP contribution in [0.5, 0.6) is 5.75 Å². The molecule has 0 bridgehead atoms. The van der Waals surface area contributed by atoms with Gasteiger partial charge < -0.3 is 14.5 Å². The molecule has 0 radical (unpaired) electrons. The minimum absolute atomic E-state index is 0. The van der Waals surface area contributed by atoms with Gasteiger partial charge in [-0.05, 0) is 51.3 Å². The van der Waals surface area contributed by atoms with E-state index in [9.17, 15) is 0 Å². The molecule has 0 saturated carbocycles. The van der Waals surface area contributed by atoms with Crippen LogP contribution in [0.15, 0.2) is 78.0 Å². The number of allylic oxidation sites excluding steroid dienone is 4. The summed E-state index contributed by atoms with van der Waals surface area (Å²) in [4.78, 5) is 4.12. The van der Waals surface area contributed by atoms with E-state index in [1.165, 1.54) is 32.9 Å². The number of para-hydroxylation sites is 2. The van der Waals surface area contributed by atoms with E-state index in [0.29, 0.717) is 0 Å². The molecule has 42 heavy (non-hydrogen) atoms. The zero-order valence-electron chi connectivity index (χ0n) is 27.9. The van der Waals surface area contributed by atoms with Gasteiger partial charge in [0.1, 0.15) is 5.75 Å². The third-order valence-corrected chi connectivity index (χ3v) is 10.9. The predicted octanol–water partition coefficient (Wildman–Crippen LogP) is 8.31. The standard InChI is InChI=1S/C19H27OSi.2C9H12N.Sc/c1-14-12-16(19(2,3)4)18(20-5)17(13-14)21(6,7)15-10-8-9-11-15;2*1-8-6-4-5-7-9(8)10(2)3;/h8-9,12-13H,10H2,1-7H3;2*4-7H,1H2,2-3H3;/q3*-1;+3. The number of hydrogen-bond acceptors (Lipinski definition) is 3. The zero-order chi connectivity index (χ0) is 31.0. The second-order valence-corrected chi connectivity index (χ2v) is 16.9. The van der Waals surface area contributed by atoms with Gasteiger partial charge in [0.15, 0.2) is 0 Å². The van der Waals surface area contributed by atoms with E-state index in [-0.39, 0.29) is 31.3 Å². The van der Waals surface area contributed by atoms with E-state index in [4.69, 9.17) is 4.74 Å². The molecule has 1 aliphatic carbocycles. The zero-order valence-corrected chi connectivity index (χ0v) is 30.7. The molecule has 222 valence electrons. The molecular weight excluding hydrogens is 561 g/mol. The Morgan fingerprint density at radius 1 is 0.833 bits per heavy atom. The Morgan fingerprint density at radius 3 is 1.64 bits per heavy atom. The fourth-order valence-electron chi connectivity index (χ4n) is 4.90. The first-order valence-electron chi connectivity index (χ1n) is 14.2. The summed E-state index contributed by atoms with van der Waals surface area (Å²) < 4.78 is 5.88. The Bertz CT molecular complexity index is 1300. The van der Waals surface area contributed by atoms with Gasteiger partial charge in [-0.3, -0.25) is 6.08 Å². The fourth-order valence-corrected chi connectivity index (χ4v) is 7.69. The van der Waals surface area contributed by atoms with Gasteiger partial charge in [-0.15, -0.1) is 18.6 Å². The minimum Gasteiger partial charge on any atom is -0.497 e. The maximum atomic E-state index is 5.88. The molecule has 4 rings (SSSR count). The van der Waals surface area contributed by atoms with E-state index in [0.717, 1.165) is 23.3 Å². The van der Waals surface area contributed by atoms with Gasteiger partial charge in [-0.2, -0.15) is 42.3 Å². The van der Waals surface area contributed by atoms with Crippen LogP contribution in [-0.2, 0) is 31.3 Å². The number of benzene rings is 3.